The summed E-state index contributed by atoms with van der Waals surface area (Å²) in [4.78, 5) is 0. The Kier molecular flexibility index (Phi) is 1.18. The van der Waals surface area contributed by atoms with Crippen LogP contribution >= 0.6 is 0 Å². The Morgan fingerprint density at radius 3 is 0.750 bits per heavy atom. The largest absolute Gasteiger partial charge is 0.0620 e. The average Bonchev–Trinajstić information content (AvgIpc) is 2.03. The fraction of sp³-hybridized carbons (Fsp3) is 1.00. The van der Waals surface area contributed by atoms with Crippen LogP contribution in [0.5, 0.6) is 0 Å². The van der Waals surface area contributed by atoms with E-state index in [4.69, 9.17) is 0 Å². The van der Waals surface area contributed by atoms with Gasteiger partial charge in [0.25, 0.3) is 0 Å². The second kappa shape index (κ2) is 1.91. The summed E-state index contributed by atoms with van der Waals surface area (Å²) in [6, 6.07) is 0. The van der Waals surface area contributed by atoms with Gasteiger partial charge in [0.05, 0.1) is 0 Å². The van der Waals surface area contributed by atoms with Crippen molar-refractivity contribution in [2.75, 3.05) is 0 Å². The molecule has 0 amide bonds. The average molecular weight is 164 g/mol. The molecule has 0 nitrogen and oxygen atoms in total. The minimum absolute atomic E-state index is 1.05. The molecular formula is C12H20. The summed E-state index contributed by atoms with van der Waals surface area (Å²) in [5.74, 6) is 8.79. The summed E-state index contributed by atoms with van der Waals surface area (Å²) >= 11 is 0. The quantitative estimate of drug-likeness (QED) is 0.516. The molecule has 3 rings (SSSR count). The highest BCUT2D eigenvalue weighted by molar-refractivity contribution is 5.17. The Bertz CT molecular complexity index is 164. The van der Waals surface area contributed by atoms with E-state index in [2.05, 4.69) is 27.7 Å². The maximum Gasteiger partial charge on any atom is -0.0318 e. The van der Waals surface area contributed by atoms with Gasteiger partial charge in [-0.2, -0.15) is 0 Å². The predicted octanol–water partition coefficient (Wildman–Crippen LogP) is 3.04. The fourth-order valence-corrected chi connectivity index (χ4v) is 4.80. The number of hydrogen-bond acceptors (Lipinski definition) is 0. The van der Waals surface area contributed by atoms with E-state index in [1.54, 1.807) is 0 Å². The van der Waals surface area contributed by atoms with E-state index < -0.39 is 0 Å². The second-order valence-corrected chi connectivity index (χ2v) is 5.75. The minimum Gasteiger partial charge on any atom is -0.0620 e. The molecule has 0 heteroatoms. The molecule has 4 atom stereocenters. The lowest BCUT2D eigenvalue weighted by molar-refractivity contribution is -0.294. The monoisotopic (exact) mass is 164 g/mol. The van der Waals surface area contributed by atoms with Crippen LogP contribution in [0.15, 0.2) is 0 Å². The highest BCUT2D eigenvalue weighted by Gasteiger charge is 2.70. The molecule has 0 unspecified atom stereocenters. The van der Waals surface area contributed by atoms with E-state index in [0.717, 1.165) is 47.3 Å². The van der Waals surface area contributed by atoms with E-state index in [-0.39, 0.29) is 0 Å². The van der Waals surface area contributed by atoms with Crippen LogP contribution in [0.4, 0.5) is 0 Å². The maximum absolute atomic E-state index is 2.47. The van der Waals surface area contributed by atoms with Gasteiger partial charge in [0.1, 0.15) is 0 Å². The van der Waals surface area contributed by atoms with Crippen molar-refractivity contribution in [1.82, 2.24) is 0 Å². The van der Waals surface area contributed by atoms with Crippen molar-refractivity contribution in [3.8, 4) is 0 Å². The van der Waals surface area contributed by atoms with E-state index >= 15 is 0 Å². The van der Waals surface area contributed by atoms with E-state index in [1.165, 1.54) is 0 Å². The molecule has 0 aromatic rings. The zero-order valence-electron chi connectivity index (χ0n) is 8.62. The molecule has 3 aliphatic carbocycles. The summed E-state index contributed by atoms with van der Waals surface area (Å²) < 4.78 is 0. The predicted molar refractivity (Wildman–Crippen MR) is 50.6 cm³/mol. The molecule has 0 spiro atoms. The van der Waals surface area contributed by atoms with Crippen LogP contribution in [0.2, 0.25) is 0 Å². The SMILES string of the molecule is C[C@@H]1C2C(C3C2[C@H](C)[C@@H]3C)[C@@H]1C. The molecular weight excluding hydrogens is 144 g/mol. The molecule has 3 aliphatic rings. The Labute approximate surface area is 75.7 Å². The van der Waals surface area contributed by atoms with Gasteiger partial charge in [-0.15, -0.1) is 0 Å². The smallest absolute Gasteiger partial charge is 0.0318 e. The minimum atomic E-state index is 1.05. The first-order chi connectivity index (χ1) is 5.64. The molecule has 0 radical (unpaired) electrons. The third-order valence-corrected chi connectivity index (χ3v) is 5.86. The van der Waals surface area contributed by atoms with E-state index in [1.807, 2.05) is 0 Å². The first-order valence-corrected chi connectivity index (χ1v) is 5.64. The molecule has 0 N–H and O–H groups in total. The van der Waals surface area contributed by atoms with E-state index in [9.17, 15) is 0 Å². The van der Waals surface area contributed by atoms with Gasteiger partial charge in [0.15, 0.2) is 0 Å². The molecule has 0 bridgehead atoms. The zero-order chi connectivity index (χ0) is 8.62. The lowest BCUT2D eigenvalue weighted by Gasteiger charge is -2.77. The second-order valence-electron chi connectivity index (χ2n) is 5.75. The lowest BCUT2D eigenvalue weighted by Crippen LogP contribution is -2.72. The first kappa shape index (κ1) is 7.41. The van der Waals surface area contributed by atoms with Crippen LogP contribution in [0.1, 0.15) is 27.7 Å². The van der Waals surface area contributed by atoms with Crippen LogP contribution in [0.25, 0.3) is 0 Å². The van der Waals surface area contributed by atoms with Crippen molar-refractivity contribution < 1.29 is 0 Å². The maximum atomic E-state index is 2.47. The van der Waals surface area contributed by atoms with Crippen LogP contribution in [-0.4, -0.2) is 0 Å². The molecule has 0 aliphatic heterocycles. The Hall–Kier alpha value is 0. The van der Waals surface area contributed by atoms with Crippen LogP contribution in [-0.2, 0) is 0 Å². The van der Waals surface area contributed by atoms with Crippen molar-refractivity contribution in [3.05, 3.63) is 0 Å². The number of fused-ring (bicyclic) bond motifs is 4. The van der Waals surface area contributed by atoms with Gasteiger partial charge >= 0.3 is 0 Å². The summed E-state index contributed by atoms with van der Waals surface area (Å²) in [7, 11) is 0. The summed E-state index contributed by atoms with van der Waals surface area (Å²) in [6.07, 6.45) is 0. The van der Waals surface area contributed by atoms with E-state index in [0.29, 0.717) is 0 Å². The van der Waals surface area contributed by atoms with Gasteiger partial charge in [-0.1, -0.05) is 27.7 Å². The van der Waals surface area contributed by atoms with Crippen molar-refractivity contribution in [1.29, 1.82) is 0 Å². The highest BCUT2D eigenvalue weighted by atomic mass is 14.7. The summed E-state index contributed by atoms with van der Waals surface area (Å²) in [6.45, 7) is 9.88. The summed E-state index contributed by atoms with van der Waals surface area (Å²) in [5.41, 5.74) is 0. The Balaban J connectivity index is 1.80. The molecule has 0 aromatic heterocycles. The van der Waals surface area contributed by atoms with Gasteiger partial charge in [-0.05, 0) is 47.3 Å². The highest BCUT2D eigenvalue weighted by Crippen LogP contribution is 2.75. The molecule has 3 saturated carbocycles. The molecule has 3 fully saturated rings. The van der Waals surface area contributed by atoms with Crippen LogP contribution in [0, 0.1) is 47.3 Å². The summed E-state index contributed by atoms with van der Waals surface area (Å²) in [5, 5.41) is 0. The number of hydrogen-bond donors (Lipinski definition) is 0. The standard InChI is InChI=1S/C12H20/c1-5-6(2)10-9(5)11-7(3)8(4)12(10)11/h5-12H,1-4H3/t5-,6+,7+,8-,9?,10?,11?,12?. The Morgan fingerprint density at radius 2 is 0.583 bits per heavy atom. The van der Waals surface area contributed by atoms with Gasteiger partial charge in [-0.3, -0.25) is 0 Å². The van der Waals surface area contributed by atoms with Gasteiger partial charge in [-0.25, -0.2) is 0 Å². The van der Waals surface area contributed by atoms with Crippen molar-refractivity contribution in [2.45, 2.75) is 27.7 Å². The Morgan fingerprint density at radius 1 is 0.417 bits per heavy atom. The van der Waals surface area contributed by atoms with Crippen LogP contribution in [0.3, 0.4) is 0 Å². The van der Waals surface area contributed by atoms with Crippen molar-refractivity contribution in [3.63, 3.8) is 0 Å². The van der Waals surface area contributed by atoms with Crippen molar-refractivity contribution >= 4 is 0 Å². The van der Waals surface area contributed by atoms with Crippen molar-refractivity contribution in [2.24, 2.45) is 47.3 Å². The van der Waals surface area contributed by atoms with Gasteiger partial charge in [0.2, 0.25) is 0 Å². The fourth-order valence-electron chi connectivity index (χ4n) is 4.80. The number of rotatable bonds is 0. The van der Waals surface area contributed by atoms with Crippen LogP contribution < -0.4 is 0 Å². The molecule has 68 valence electrons. The molecule has 12 heavy (non-hydrogen) atoms. The molecule has 0 heterocycles. The lowest BCUT2D eigenvalue weighted by atomic mass is 9.28. The van der Waals surface area contributed by atoms with Gasteiger partial charge in [0, 0.05) is 0 Å². The topological polar surface area (TPSA) is 0 Å². The first-order valence-electron chi connectivity index (χ1n) is 5.64. The zero-order valence-corrected chi connectivity index (χ0v) is 8.62. The third kappa shape index (κ3) is 0.506. The van der Waals surface area contributed by atoms with Gasteiger partial charge < -0.3 is 0 Å². The molecule has 0 aromatic carbocycles. The normalized spacial score (nSPS) is 73.0. The molecule has 0 saturated heterocycles. The third-order valence-electron chi connectivity index (χ3n) is 5.86.